The quantitative estimate of drug-likeness (QED) is 0.542. The number of anilines is 1. The summed E-state index contributed by atoms with van der Waals surface area (Å²) in [5.74, 6) is 0.970. The minimum absolute atomic E-state index is 0.238. The van der Waals surface area contributed by atoms with Crippen LogP contribution in [-0.2, 0) is 0 Å². The van der Waals surface area contributed by atoms with Crippen LogP contribution in [0, 0.1) is 0 Å². The van der Waals surface area contributed by atoms with Crippen LogP contribution >= 0.6 is 11.6 Å². The Labute approximate surface area is 149 Å². The van der Waals surface area contributed by atoms with Crippen molar-refractivity contribution in [2.45, 2.75) is 0 Å². The predicted molar refractivity (Wildman–Crippen MR) is 99.5 cm³/mol. The fourth-order valence-corrected chi connectivity index (χ4v) is 2.35. The molecule has 6 nitrogen and oxygen atoms in total. The van der Waals surface area contributed by atoms with Crippen LogP contribution in [0.5, 0.6) is 5.75 Å². The maximum atomic E-state index is 11.9. The van der Waals surface area contributed by atoms with Gasteiger partial charge in [-0.25, -0.2) is 10.4 Å². The van der Waals surface area contributed by atoms with E-state index in [2.05, 4.69) is 20.5 Å². The van der Waals surface area contributed by atoms with Gasteiger partial charge in [0.2, 0.25) is 5.95 Å². The molecule has 0 aliphatic rings. The van der Waals surface area contributed by atoms with Crippen LogP contribution in [0.3, 0.4) is 0 Å². The Balaban J connectivity index is 1.82. The SMILES string of the molecule is COc1ccc(-c2cc(=O)[nH]c(N/N=C\c3ccccc3Cl)n2)cc1. The molecule has 2 N–H and O–H groups in total. The maximum Gasteiger partial charge on any atom is 0.252 e. The third-order valence-electron chi connectivity index (χ3n) is 3.41. The van der Waals surface area contributed by atoms with Crippen molar-refractivity contribution in [1.82, 2.24) is 9.97 Å². The lowest BCUT2D eigenvalue weighted by Crippen LogP contribution is -2.10. The Hall–Kier alpha value is -3.12. The highest BCUT2D eigenvalue weighted by Crippen LogP contribution is 2.20. The van der Waals surface area contributed by atoms with Crippen molar-refractivity contribution in [2.24, 2.45) is 5.10 Å². The molecule has 0 saturated carbocycles. The highest BCUT2D eigenvalue weighted by molar-refractivity contribution is 6.33. The van der Waals surface area contributed by atoms with E-state index in [1.54, 1.807) is 31.5 Å². The van der Waals surface area contributed by atoms with Gasteiger partial charge < -0.3 is 4.74 Å². The Morgan fingerprint density at radius 2 is 1.96 bits per heavy atom. The lowest BCUT2D eigenvalue weighted by molar-refractivity contribution is 0.415. The third-order valence-corrected chi connectivity index (χ3v) is 3.75. The lowest BCUT2D eigenvalue weighted by Gasteiger charge is -2.05. The zero-order valence-electron chi connectivity index (χ0n) is 13.4. The van der Waals surface area contributed by atoms with E-state index in [0.29, 0.717) is 10.7 Å². The average molecular weight is 355 g/mol. The van der Waals surface area contributed by atoms with Crippen LogP contribution in [0.2, 0.25) is 5.02 Å². The second-order valence-electron chi connectivity index (χ2n) is 5.10. The minimum Gasteiger partial charge on any atom is -0.497 e. The third kappa shape index (κ3) is 4.24. The Kier molecular flexibility index (Phi) is 5.11. The Morgan fingerprint density at radius 3 is 2.68 bits per heavy atom. The molecule has 0 radical (unpaired) electrons. The van der Waals surface area contributed by atoms with Crippen LogP contribution in [0.1, 0.15) is 5.56 Å². The summed E-state index contributed by atoms with van der Waals surface area (Å²) in [6.07, 6.45) is 1.56. The van der Waals surface area contributed by atoms with Gasteiger partial charge in [0.1, 0.15) is 5.75 Å². The molecule has 0 unspecified atom stereocenters. The summed E-state index contributed by atoms with van der Waals surface area (Å²) in [6, 6.07) is 16.0. The van der Waals surface area contributed by atoms with Crippen LogP contribution < -0.4 is 15.7 Å². The van der Waals surface area contributed by atoms with E-state index in [4.69, 9.17) is 16.3 Å². The van der Waals surface area contributed by atoms with E-state index >= 15 is 0 Å². The zero-order valence-corrected chi connectivity index (χ0v) is 14.1. The number of hydrogen-bond donors (Lipinski definition) is 2. The first-order valence-corrected chi connectivity index (χ1v) is 7.83. The van der Waals surface area contributed by atoms with Crippen LogP contribution in [0.25, 0.3) is 11.3 Å². The topological polar surface area (TPSA) is 79.4 Å². The molecular formula is C18H15ClN4O2. The average Bonchev–Trinajstić information content (AvgIpc) is 2.63. The van der Waals surface area contributed by atoms with Gasteiger partial charge in [0.25, 0.3) is 5.56 Å². The van der Waals surface area contributed by atoms with Gasteiger partial charge in [0, 0.05) is 22.2 Å². The first-order valence-electron chi connectivity index (χ1n) is 7.45. The highest BCUT2D eigenvalue weighted by Gasteiger charge is 2.04. The molecule has 3 rings (SSSR count). The Bertz CT molecular complexity index is 952. The number of methoxy groups -OCH3 is 1. The molecule has 0 aliphatic carbocycles. The molecule has 126 valence electrons. The van der Waals surface area contributed by atoms with E-state index < -0.39 is 0 Å². The van der Waals surface area contributed by atoms with E-state index in [-0.39, 0.29) is 11.5 Å². The van der Waals surface area contributed by atoms with E-state index in [9.17, 15) is 4.79 Å². The molecule has 0 atom stereocenters. The standard InChI is InChI=1S/C18H15ClN4O2/c1-25-14-8-6-12(7-9-14)16-10-17(24)22-18(21-16)23-20-11-13-4-2-3-5-15(13)19/h2-11H,1H3,(H2,21,22,23,24)/b20-11-. The minimum atomic E-state index is -0.281. The van der Waals surface area contributed by atoms with Gasteiger partial charge in [0.05, 0.1) is 19.0 Å². The van der Waals surface area contributed by atoms with Gasteiger partial charge in [-0.2, -0.15) is 5.10 Å². The van der Waals surface area contributed by atoms with Crippen molar-refractivity contribution >= 4 is 23.8 Å². The molecule has 0 amide bonds. The lowest BCUT2D eigenvalue weighted by atomic mass is 10.1. The summed E-state index contributed by atoms with van der Waals surface area (Å²) in [5.41, 5.74) is 4.51. The number of rotatable bonds is 5. The van der Waals surface area contributed by atoms with Gasteiger partial charge in [-0.1, -0.05) is 29.8 Å². The molecule has 0 spiro atoms. The monoisotopic (exact) mass is 354 g/mol. The summed E-state index contributed by atoms with van der Waals surface area (Å²) < 4.78 is 5.13. The van der Waals surface area contributed by atoms with E-state index in [0.717, 1.165) is 16.9 Å². The number of aromatic nitrogens is 2. The fourth-order valence-electron chi connectivity index (χ4n) is 2.16. The van der Waals surface area contributed by atoms with Gasteiger partial charge in [0.15, 0.2) is 0 Å². The van der Waals surface area contributed by atoms with Gasteiger partial charge >= 0.3 is 0 Å². The van der Waals surface area contributed by atoms with Gasteiger partial charge in [-0.3, -0.25) is 9.78 Å². The van der Waals surface area contributed by atoms with Gasteiger partial charge in [-0.05, 0) is 30.3 Å². The second-order valence-corrected chi connectivity index (χ2v) is 5.51. The number of nitrogens with zero attached hydrogens (tertiary/aromatic N) is 2. The maximum absolute atomic E-state index is 11.9. The largest absolute Gasteiger partial charge is 0.497 e. The fraction of sp³-hybridized carbons (Fsp3) is 0.0556. The van der Waals surface area contributed by atoms with Crippen molar-refractivity contribution in [1.29, 1.82) is 0 Å². The molecule has 2 aromatic carbocycles. The molecule has 0 aliphatic heterocycles. The number of H-pyrrole nitrogens is 1. The first kappa shape index (κ1) is 16.7. The number of nitrogens with one attached hydrogen (secondary N) is 2. The number of ether oxygens (including phenoxy) is 1. The van der Waals surface area contributed by atoms with Crippen molar-refractivity contribution in [2.75, 3.05) is 12.5 Å². The smallest absolute Gasteiger partial charge is 0.252 e. The van der Waals surface area contributed by atoms with Crippen LogP contribution in [0.4, 0.5) is 5.95 Å². The molecule has 0 saturated heterocycles. The Morgan fingerprint density at radius 1 is 1.20 bits per heavy atom. The zero-order chi connectivity index (χ0) is 17.6. The van der Waals surface area contributed by atoms with Crippen molar-refractivity contribution in [3.63, 3.8) is 0 Å². The molecule has 7 heteroatoms. The normalized spacial score (nSPS) is 10.8. The number of hydrogen-bond acceptors (Lipinski definition) is 5. The van der Waals surface area contributed by atoms with Crippen molar-refractivity contribution in [3.8, 4) is 17.0 Å². The van der Waals surface area contributed by atoms with Crippen LogP contribution in [-0.4, -0.2) is 23.3 Å². The van der Waals surface area contributed by atoms with Crippen molar-refractivity contribution < 1.29 is 4.74 Å². The summed E-state index contributed by atoms with van der Waals surface area (Å²) in [5, 5.41) is 4.65. The summed E-state index contributed by atoms with van der Waals surface area (Å²) >= 11 is 6.06. The summed E-state index contributed by atoms with van der Waals surface area (Å²) in [7, 11) is 1.60. The molecule has 25 heavy (non-hydrogen) atoms. The van der Waals surface area contributed by atoms with Crippen LogP contribution in [0.15, 0.2) is 64.5 Å². The summed E-state index contributed by atoms with van der Waals surface area (Å²) in [4.78, 5) is 18.8. The second kappa shape index (κ2) is 7.63. The first-order chi connectivity index (χ1) is 12.2. The molecule has 0 bridgehead atoms. The molecule has 1 heterocycles. The van der Waals surface area contributed by atoms with Crippen molar-refractivity contribution in [3.05, 3.63) is 75.5 Å². The molecule has 1 aromatic heterocycles. The molecule has 0 fully saturated rings. The number of halogens is 1. The van der Waals surface area contributed by atoms with E-state index in [1.807, 2.05) is 30.3 Å². The molecule has 3 aromatic rings. The van der Waals surface area contributed by atoms with E-state index in [1.165, 1.54) is 6.07 Å². The highest BCUT2D eigenvalue weighted by atomic mass is 35.5. The van der Waals surface area contributed by atoms with Gasteiger partial charge in [-0.15, -0.1) is 0 Å². The predicted octanol–water partition coefficient (Wildman–Crippen LogP) is 3.54. The number of benzene rings is 2. The summed E-state index contributed by atoms with van der Waals surface area (Å²) in [6.45, 7) is 0. The molecular weight excluding hydrogens is 340 g/mol. The number of aromatic amines is 1. The number of hydrazone groups is 1.